The number of hydrogen-bond donors (Lipinski definition) is 1. The molecule has 1 spiro atoms. The summed E-state index contributed by atoms with van der Waals surface area (Å²) < 4.78 is 7.69. The van der Waals surface area contributed by atoms with Gasteiger partial charge in [0.15, 0.2) is 0 Å². The van der Waals surface area contributed by atoms with Crippen molar-refractivity contribution in [3.8, 4) is 5.75 Å². The Hall–Kier alpha value is -0.540. The van der Waals surface area contributed by atoms with Gasteiger partial charge in [0.1, 0.15) is 11.4 Å². The molecular weight excluding hydrogens is 326 g/mol. The van der Waals surface area contributed by atoms with Crippen LogP contribution in [0, 0.1) is 0 Å². The van der Waals surface area contributed by atoms with Gasteiger partial charge in [0, 0.05) is 22.5 Å². The molecule has 21 heavy (non-hydrogen) atoms. The average Bonchev–Trinajstić information content (AvgIpc) is 2.71. The maximum absolute atomic E-state index is 6.54. The van der Waals surface area contributed by atoms with Crippen LogP contribution in [0.5, 0.6) is 5.75 Å². The first-order chi connectivity index (χ1) is 10.2. The van der Waals surface area contributed by atoms with E-state index in [0.717, 1.165) is 23.2 Å². The maximum Gasteiger partial charge on any atom is 0.125 e. The number of hydrogen-bond acceptors (Lipinski definition) is 2. The summed E-state index contributed by atoms with van der Waals surface area (Å²) in [6.07, 6.45) is 10.1. The fourth-order valence-corrected chi connectivity index (χ4v) is 4.20. The lowest BCUT2D eigenvalue weighted by atomic mass is 9.82. The Labute approximate surface area is 136 Å². The third-order valence-electron chi connectivity index (χ3n) is 4.91. The molecule has 0 radical (unpaired) electrons. The van der Waals surface area contributed by atoms with Crippen LogP contribution in [0.4, 0.5) is 0 Å². The van der Waals surface area contributed by atoms with Gasteiger partial charge in [-0.05, 0) is 56.8 Å². The normalized spacial score (nSPS) is 24.2. The quantitative estimate of drug-likeness (QED) is 0.790. The van der Waals surface area contributed by atoms with Crippen LogP contribution < -0.4 is 10.1 Å². The van der Waals surface area contributed by atoms with Crippen LogP contribution in [0.1, 0.15) is 69.9 Å². The predicted molar refractivity (Wildman–Crippen MR) is 90.9 cm³/mol. The molecule has 3 heteroatoms. The Morgan fingerprint density at radius 1 is 1.24 bits per heavy atom. The molecule has 1 aliphatic carbocycles. The molecule has 1 N–H and O–H groups in total. The van der Waals surface area contributed by atoms with Crippen molar-refractivity contribution >= 4 is 15.9 Å². The number of nitrogens with one attached hydrogen (secondary N) is 1. The molecule has 1 atom stereocenters. The summed E-state index contributed by atoms with van der Waals surface area (Å²) in [4.78, 5) is 0. The molecule has 0 bridgehead atoms. The predicted octanol–water partition coefficient (Wildman–Crippen LogP) is 5.37. The standard InChI is InChI=1S/C18H26BrNO/c1-2-11-20-16-13-18(9-5-3-4-6-10-18)21-17-8-7-14(19)12-15(16)17/h7-8,12,16,20H,2-6,9-11,13H2,1H3. The number of halogens is 1. The first kappa shape index (κ1) is 15.4. The van der Waals surface area contributed by atoms with E-state index in [1.807, 2.05) is 0 Å². The molecule has 1 fully saturated rings. The molecule has 116 valence electrons. The van der Waals surface area contributed by atoms with Crippen LogP contribution in [0.25, 0.3) is 0 Å². The minimum atomic E-state index is 0.0722. The van der Waals surface area contributed by atoms with Gasteiger partial charge in [-0.15, -0.1) is 0 Å². The molecule has 1 heterocycles. The monoisotopic (exact) mass is 351 g/mol. The van der Waals surface area contributed by atoms with E-state index in [2.05, 4.69) is 46.4 Å². The second-order valence-electron chi connectivity index (χ2n) is 6.59. The zero-order valence-electron chi connectivity index (χ0n) is 13.0. The fourth-order valence-electron chi connectivity index (χ4n) is 3.82. The number of rotatable bonds is 3. The van der Waals surface area contributed by atoms with Crippen LogP contribution >= 0.6 is 15.9 Å². The highest BCUT2D eigenvalue weighted by molar-refractivity contribution is 9.10. The Bertz CT molecular complexity index is 480. The highest BCUT2D eigenvalue weighted by atomic mass is 79.9. The molecule has 0 aromatic heterocycles. The van der Waals surface area contributed by atoms with Crippen LogP contribution in [0.2, 0.25) is 0 Å². The minimum absolute atomic E-state index is 0.0722. The lowest BCUT2D eigenvalue weighted by Gasteiger charge is -2.42. The Kier molecular flexibility index (Phi) is 4.90. The smallest absolute Gasteiger partial charge is 0.125 e. The summed E-state index contributed by atoms with van der Waals surface area (Å²) in [5.41, 5.74) is 1.40. The molecular formula is C18H26BrNO. The number of fused-ring (bicyclic) bond motifs is 1. The Balaban J connectivity index is 1.89. The molecule has 1 aromatic rings. The largest absolute Gasteiger partial charge is 0.487 e. The maximum atomic E-state index is 6.54. The third-order valence-corrected chi connectivity index (χ3v) is 5.40. The van der Waals surface area contributed by atoms with E-state index < -0.39 is 0 Å². The highest BCUT2D eigenvalue weighted by Gasteiger charge is 2.40. The summed E-state index contributed by atoms with van der Waals surface area (Å²) in [5, 5.41) is 3.75. The van der Waals surface area contributed by atoms with Crippen molar-refractivity contribution in [1.29, 1.82) is 0 Å². The average molecular weight is 352 g/mol. The van der Waals surface area contributed by atoms with Gasteiger partial charge in [-0.1, -0.05) is 35.7 Å². The van der Waals surface area contributed by atoms with Gasteiger partial charge in [-0.25, -0.2) is 0 Å². The number of benzene rings is 1. The van der Waals surface area contributed by atoms with Crippen molar-refractivity contribution in [3.05, 3.63) is 28.2 Å². The molecule has 1 unspecified atom stereocenters. The minimum Gasteiger partial charge on any atom is -0.487 e. The van der Waals surface area contributed by atoms with Crippen LogP contribution in [0.15, 0.2) is 22.7 Å². The molecule has 3 rings (SSSR count). The SMILES string of the molecule is CCCNC1CC2(CCCCCC2)Oc2ccc(Br)cc21. The lowest BCUT2D eigenvalue weighted by molar-refractivity contribution is 0.0161. The molecule has 1 saturated carbocycles. The summed E-state index contributed by atoms with van der Waals surface area (Å²) in [6, 6.07) is 6.91. The van der Waals surface area contributed by atoms with Crippen molar-refractivity contribution < 1.29 is 4.74 Å². The van der Waals surface area contributed by atoms with Crippen LogP contribution in [-0.4, -0.2) is 12.1 Å². The van der Waals surface area contributed by atoms with Gasteiger partial charge in [-0.2, -0.15) is 0 Å². The van der Waals surface area contributed by atoms with Crippen molar-refractivity contribution in [2.45, 2.75) is 69.9 Å². The highest BCUT2D eigenvalue weighted by Crippen LogP contribution is 2.46. The van der Waals surface area contributed by atoms with Gasteiger partial charge in [0.25, 0.3) is 0 Å². The lowest BCUT2D eigenvalue weighted by Crippen LogP contribution is -2.44. The molecule has 2 nitrogen and oxygen atoms in total. The summed E-state index contributed by atoms with van der Waals surface area (Å²) in [6.45, 7) is 3.31. The second-order valence-corrected chi connectivity index (χ2v) is 7.51. The topological polar surface area (TPSA) is 21.3 Å². The van der Waals surface area contributed by atoms with E-state index in [1.165, 1.54) is 50.5 Å². The van der Waals surface area contributed by atoms with Crippen LogP contribution in [0.3, 0.4) is 0 Å². The Morgan fingerprint density at radius 3 is 2.71 bits per heavy atom. The van der Waals surface area contributed by atoms with Gasteiger partial charge in [0.2, 0.25) is 0 Å². The van der Waals surface area contributed by atoms with Gasteiger partial charge < -0.3 is 10.1 Å². The van der Waals surface area contributed by atoms with E-state index in [0.29, 0.717) is 6.04 Å². The zero-order chi connectivity index (χ0) is 14.7. The fraction of sp³-hybridized carbons (Fsp3) is 0.667. The first-order valence-corrected chi connectivity index (χ1v) is 9.24. The molecule has 0 amide bonds. The summed E-state index contributed by atoms with van der Waals surface area (Å²) in [5.74, 6) is 1.10. The Morgan fingerprint density at radius 2 is 2.00 bits per heavy atom. The van der Waals surface area contributed by atoms with Crippen molar-refractivity contribution in [2.75, 3.05) is 6.54 Å². The van der Waals surface area contributed by atoms with E-state index in [1.54, 1.807) is 0 Å². The van der Waals surface area contributed by atoms with Crippen molar-refractivity contribution in [3.63, 3.8) is 0 Å². The van der Waals surface area contributed by atoms with Crippen molar-refractivity contribution in [2.24, 2.45) is 0 Å². The van der Waals surface area contributed by atoms with Gasteiger partial charge >= 0.3 is 0 Å². The summed E-state index contributed by atoms with van der Waals surface area (Å²) >= 11 is 3.60. The molecule has 1 aromatic carbocycles. The third kappa shape index (κ3) is 3.45. The van der Waals surface area contributed by atoms with Crippen molar-refractivity contribution in [1.82, 2.24) is 5.32 Å². The molecule has 1 aliphatic heterocycles. The molecule has 0 saturated heterocycles. The summed E-state index contributed by atoms with van der Waals surface area (Å²) in [7, 11) is 0. The van der Waals surface area contributed by atoms with E-state index in [9.17, 15) is 0 Å². The van der Waals surface area contributed by atoms with E-state index >= 15 is 0 Å². The van der Waals surface area contributed by atoms with Gasteiger partial charge in [-0.3, -0.25) is 0 Å². The van der Waals surface area contributed by atoms with Gasteiger partial charge in [0.05, 0.1) is 0 Å². The van der Waals surface area contributed by atoms with E-state index in [4.69, 9.17) is 4.74 Å². The second kappa shape index (κ2) is 6.70. The number of ether oxygens (including phenoxy) is 1. The van der Waals surface area contributed by atoms with Crippen LogP contribution in [-0.2, 0) is 0 Å². The first-order valence-electron chi connectivity index (χ1n) is 8.44. The zero-order valence-corrected chi connectivity index (χ0v) is 14.5. The van der Waals surface area contributed by atoms with E-state index in [-0.39, 0.29) is 5.60 Å². The molecule has 2 aliphatic rings.